The van der Waals surface area contributed by atoms with Crippen molar-refractivity contribution >= 4 is 34.0 Å². The summed E-state index contributed by atoms with van der Waals surface area (Å²) in [6.07, 6.45) is -0.628. The van der Waals surface area contributed by atoms with Gasteiger partial charge in [-0.1, -0.05) is 30.3 Å². The Labute approximate surface area is 155 Å². The van der Waals surface area contributed by atoms with E-state index in [1.54, 1.807) is 12.1 Å². The average Bonchev–Trinajstić information content (AvgIpc) is 3.17. The van der Waals surface area contributed by atoms with Gasteiger partial charge in [0, 0.05) is 12.2 Å². The molecule has 0 bridgehead atoms. The van der Waals surface area contributed by atoms with Gasteiger partial charge in [-0.3, -0.25) is 0 Å². The van der Waals surface area contributed by atoms with Gasteiger partial charge < -0.3 is 21.5 Å². The summed E-state index contributed by atoms with van der Waals surface area (Å²) < 4.78 is 0. The summed E-state index contributed by atoms with van der Waals surface area (Å²) in [5, 5.41) is 27.3. The molecule has 4 rings (SSSR count). The SMILES string of the molecule is Nc1ccc(NCC(O)c2ccccc2)nc1Nc1ccc2n[nH]nc2c1. The molecule has 8 nitrogen and oxygen atoms in total. The number of nitrogens with zero attached hydrogens (tertiary/aromatic N) is 3. The number of nitrogens with two attached hydrogens (primary N) is 1. The number of hydrogen-bond donors (Lipinski definition) is 5. The Kier molecular flexibility index (Phi) is 4.54. The average molecular weight is 361 g/mol. The Hall–Kier alpha value is -3.65. The molecule has 0 aliphatic rings. The molecule has 8 heteroatoms. The molecule has 27 heavy (non-hydrogen) atoms. The first-order valence-electron chi connectivity index (χ1n) is 8.50. The lowest BCUT2D eigenvalue weighted by molar-refractivity contribution is 0.191. The lowest BCUT2D eigenvalue weighted by Crippen LogP contribution is -2.13. The molecule has 0 radical (unpaired) electrons. The van der Waals surface area contributed by atoms with E-state index in [4.69, 9.17) is 5.73 Å². The fourth-order valence-electron chi connectivity index (χ4n) is 2.72. The Morgan fingerprint density at radius 1 is 1.00 bits per heavy atom. The molecule has 136 valence electrons. The molecule has 6 N–H and O–H groups in total. The number of benzene rings is 2. The van der Waals surface area contributed by atoms with Gasteiger partial charge >= 0.3 is 0 Å². The van der Waals surface area contributed by atoms with Crippen molar-refractivity contribution in [3.8, 4) is 0 Å². The van der Waals surface area contributed by atoms with Crippen molar-refractivity contribution in [2.45, 2.75) is 6.10 Å². The molecule has 0 fully saturated rings. The van der Waals surface area contributed by atoms with Gasteiger partial charge in [0.15, 0.2) is 5.82 Å². The standard InChI is InChI=1S/C19H19N7O/c20-14-7-9-18(21-11-17(27)12-4-2-1-3-5-12)23-19(14)22-13-6-8-15-16(10-13)25-26-24-15/h1-10,17,27H,11,20H2,(H2,21,22,23)(H,24,25,26). The third-order valence-corrected chi connectivity index (χ3v) is 4.17. The summed E-state index contributed by atoms with van der Waals surface area (Å²) in [7, 11) is 0. The lowest BCUT2D eigenvalue weighted by Gasteiger charge is -2.14. The van der Waals surface area contributed by atoms with Crippen LogP contribution in [0.1, 0.15) is 11.7 Å². The van der Waals surface area contributed by atoms with Crippen LogP contribution in [0.2, 0.25) is 0 Å². The van der Waals surface area contributed by atoms with Gasteiger partial charge in [0.1, 0.15) is 16.9 Å². The first-order valence-corrected chi connectivity index (χ1v) is 8.50. The van der Waals surface area contributed by atoms with Crippen LogP contribution in [0, 0.1) is 0 Å². The number of H-pyrrole nitrogens is 1. The maximum absolute atomic E-state index is 10.3. The number of aliphatic hydroxyl groups is 1. The fraction of sp³-hybridized carbons (Fsp3) is 0.105. The lowest BCUT2D eigenvalue weighted by atomic mass is 10.1. The molecule has 1 atom stereocenters. The minimum absolute atomic E-state index is 0.339. The van der Waals surface area contributed by atoms with Crippen LogP contribution < -0.4 is 16.4 Å². The Balaban J connectivity index is 1.47. The van der Waals surface area contributed by atoms with Gasteiger partial charge in [-0.05, 0) is 35.9 Å². The second-order valence-electron chi connectivity index (χ2n) is 6.09. The van der Waals surface area contributed by atoms with Gasteiger partial charge in [-0.2, -0.15) is 15.4 Å². The zero-order valence-corrected chi connectivity index (χ0v) is 14.4. The van der Waals surface area contributed by atoms with E-state index < -0.39 is 6.10 Å². The molecule has 0 saturated carbocycles. The van der Waals surface area contributed by atoms with E-state index in [1.807, 2.05) is 48.5 Å². The van der Waals surface area contributed by atoms with Crippen LogP contribution in [0.4, 0.5) is 23.0 Å². The molecule has 0 saturated heterocycles. The number of nitrogen functional groups attached to an aromatic ring is 1. The van der Waals surface area contributed by atoms with Crippen LogP contribution in [0.3, 0.4) is 0 Å². The highest BCUT2D eigenvalue weighted by atomic mass is 16.3. The van der Waals surface area contributed by atoms with E-state index >= 15 is 0 Å². The maximum atomic E-state index is 10.3. The number of aromatic nitrogens is 4. The smallest absolute Gasteiger partial charge is 0.156 e. The summed E-state index contributed by atoms with van der Waals surface area (Å²) in [6, 6.07) is 18.6. The largest absolute Gasteiger partial charge is 0.396 e. The topological polar surface area (TPSA) is 125 Å². The van der Waals surface area contributed by atoms with Crippen LogP contribution in [0.25, 0.3) is 11.0 Å². The van der Waals surface area contributed by atoms with Crippen LogP contribution in [-0.4, -0.2) is 32.0 Å². The van der Waals surface area contributed by atoms with Gasteiger partial charge in [0.2, 0.25) is 0 Å². The van der Waals surface area contributed by atoms with E-state index in [1.165, 1.54) is 0 Å². The molecule has 2 heterocycles. The van der Waals surface area contributed by atoms with Crippen molar-refractivity contribution in [1.82, 2.24) is 20.4 Å². The highest BCUT2D eigenvalue weighted by Crippen LogP contribution is 2.25. The number of nitrogens with one attached hydrogen (secondary N) is 3. The summed E-state index contributed by atoms with van der Waals surface area (Å²) in [6.45, 7) is 0.339. The molecule has 0 aliphatic carbocycles. The molecule has 2 aromatic heterocycles. The quantitative estimate of drug-likeness (QED) is 0.357. The van der Waals surface area contributed by atoms with Crippen molar-refractivity contribution < 1.29 is 5.11 Å². The molecule has 0 spiro atoms. The van der Waals surface area contributed by atoms with Crippen LogP contribution in [0.15, 0.2) is 60.7 Å². The second kappa shape index (κ2) is 7.30. The van der Waals surface area contributed by atoms with Crippen molar-refractivity contribution in [3.05, 3.63) is 66.2 Å². The van der Waals surface area contributed by atoms with Gasteiger partial charge in [0.25, 0.3) is 0 Å². The molecule has 4 aromatic rings. The van der Waals surface area contributed by atoms with Crippen LogP contribution >= 0.6 is 0 Å². The van der Waals surface area contributed by atoms with Crippen molar-refractivity contribution in [1.29, 1.82) is 0 Å². The predicted molar refractivity (Wildman–Crippen MR) is 106 cm³/mol. The summed E-state index contributed by atoms with van der Waals surface area (Å²) in [5.41, 5.74) is 9.74. The normalized spacial score (nSPS) is 12.0. The van der Waals surface area contributed by atoms with E-state index in [0.717, 1.165) is 22.3 Å². The molecule has 0 amide bonds. The third-order valence-electron chi connectivity index (χ3n) is 4.17. The maximum Gasteiger partial charge on any atom is 0.156 e. The van der Waals surface area contributed by atoms with E-state index in [-0.39, 0.29) is 0 Å². The summed E-state index contributed by atoms with van der Waals surface area (Å²) in [5.74, 6) is 1.14. The second-order valence-corrected chi connectivity index (χ2v) is 6.09. The molecule has 2 aromatic carbocycles. The number of anilines is 4. The molecular formula is C19H19N7O. The van der Waals surface area contributed by atoms with Gasteiger partial charge in [0.05, 0.1) is 11.8 Å². The van der Waals surface area contributed by atoms with Crippen molar-refractivity contribution in [2.75, 3.05) is 22.9 Å². The highest BCUT2D eigenvalue weighted by Gasteiger charge is 2.09. The summed E-state index contributed by atoms with van der Waals surface area (Å²) >= 11 is 0. The molecule has 0 aliphatic heterocycles. The minimum atomic E-state index is -0.628. The van der Waals surface area contributed by atoms with Gasteiger partial charge in [-0.25, -0.2) is 4.98 Å². The highest BCUT2D eigenvalue weighted by molar-refractivity contribution is 5.80. The number of aliphatic hydroxyl groups excluding tert-OH is 1. The van der Waals surface area contributed by atoms with E-state index in [0.29, 0.717) is 23.9 Å². The van der Waals surface area contributed by atoms with Crippen molar-refractivity contribution in [3.63, 3.8) is 0 Å². The number of pyridine rings is 1. The number of aromatic amines is 1. The van der Waals surface area contributed by atoms with E-state index in [2.05, 4.69) is 31.0 Å². The zero-order valence-electron chi connectivity index (χ0n) is 14.4. The fourth-order valence-corrected chi connectivity index (χ4v) is 2.72. The summed E-state index contributed by atoms with van der Waals surface area (Å²) in [4.78, 5) is 4.50. The zero-order chi connectivity index (χ0) is 18.6. The van der Waals surface area contributed by atoms with Gasteiger partial charge in [-0.15, -0.1) is 0 Å². The minimum Gasteiger partial charge on any atom is -0.396 e. The Bertz CT molecular complexity index is 1050. The Morgan fingerprint density at radius 3 is 2.67 bits per heavy atom. The van der Waals surface area contributed by atoms with Crippen LogP contribution in [-0.2, 0) is 0 Å². The third kappa shape index (κ3) is 3.80. The predicted octanol–water partition coefficient (Wildman–Crippen LogP) is 2.82. The number of hydrogen-bond acceptors (Lipinski definition) is 7. The Morgan fingerprint density at radius 2 is 1.81 bits per heavy atom. The molecule has 1 unspecified atom stereocenters. The molecular weight excluding hydrogens is 342 g/mol. The van der Waals surface area contributed by atoms with Crippen molar-refractivity contribution in [2.24, 2.45) is 0 Å². The van der Waals surface area contributed by atoms with Crippen LogP contribution in [0.5, 0.6) is 0 Å². The monoisotopic (exact) mass is 361 g/mol. The number of fused-ring (bicyclic) bond motifs is 1. The first-order chi connectivity index (χ1) is 13.2. The first kappa shape index (κ1) is 16.8. The van der Waals surface area contributed by atoms with E-state index in [9.17, 15) is 5.11 Å². The number of rotatable bonds is 6.